The molecule has 0 saturated carbocycles. The molecule has 0 N–H and O–H groups in total. The number of anilines is 1. The van der Waals surface area contributed by atoms with Gasteiger partial charge in [-0.15, -0.1) is 0 Å². The lowest BCUT2D eigenvalue weighted by Gasteiger charge is -2.23. The maximum atomic E-state index is 13.3. The van der Waals surface area contributed by atoms with Crippen LogP contribution in [-0.2, 0) is 4.74 Å². The van der Waals surface area contributed by atoms with Crippen molar-refractivity contribution in [2.45, 2.75) is 19.8 Å². The van der Waals surface area contributed by atoms with Crippen LogP contribution in [0.25, 0.3) is 16.6 Å². The van der Waals surface area contributed by atoms with Crippen molar-refractivity contribution in [1.82, 2.24) is 9.55 Å². The van der Waals surface area contributed by atoms with E-state index in [2.05, 4.69) is 6.92 Å². The van der Waals surface area contributed by atoms with E-state index in [1.807, 2.05) is 18.0 Å². The number of esters is 1. The van der Waals surface area contributed by atoms with Crippen molar-refractivity contribution in [3.05, 3.63) is 63.4 Å². The fourth-order valence-corrected chi connectivity index (χ4v) is 3.20. The van der Waals surface area contributed by atoms with E-state index >= 15 is 0 Å². The molecule has 6 nitrogen and oxygen atoms in total. The summed E-state index contributed by atoms with van der Waals surface area (Å²) in [5.41, 5.74) is 1.22. The number of unbranched alkanes of at least 4 members (excludes halogenated alkanes) is 1. The Hall–Kier alpha value is -2.86. The Bertz CT molecular complexity index is 1080. The number of fused-ring (bicyclic) bond motifs is 1. The van der Waals surface area contributed by atoms with Crippen LogP contribution in [0.2, 0.25) is 5.02 Å². The summed E-state index contributed by atoms with van der Waals surface area (Å²) in [5, 5.41) is 0.952. The zero-order chi connectivity index (χ0) is 20.3. The molecule has 0 fully saturated rings. The number of carbonyl (C=O) groups is 1. The molecule has 3 rings (SSSR count). The Balaban J connectivity index is 2.28. The van der Waals surface area contributed by atoms with Crippen molar-refractivity contribution >= 4 is 34.4 Å². The molecule has 1 heterocycles. The maximum absolute atomic E-state index is 13.3. The Morgan fingerprint density at radius 2 is 2.04 bits per heavy atom. The summed E-state index contributed by atoms with van der Waals surface area (Å²) in [6.07, 6.45) is 1.98. The lowest BCUT2D eigenvalue weighted by molar-refractivity contribution is 0.0601. The lowest BCUT2D eigenvalue weighted by atomic mass is 10.1. The molecule has 28 heavy (non-hydrogen) atoms. The van der Waals surface area contributed by atoms with Crippen molar-refractivity contribution in [2.75, 3.05) is 25.6 Å². The minimum absolute atomic E-state index is 0.220. The number of ether oxygens (including phenoxy) is 1. The second-order valence-corrected chi connectivity index (χ2v) is 6.97. The van der Waals surface area contributed by atoms with E-state index in [4.69, 9.17) is 21.3 Å². The van der Waals surface area contributed by atoms with Gasteiger partial charge in [-0.3, -0.25) is 4.79 Å². The number of hydrogen-bond acceptors (Lipinski definition) is 5. The smallest absolute Gasteiger partial charge is 0.337 e. The number of rotatable bonds is 6. The molecular formula is C21H22ClN3O3. The molecule has 0 aliphatic carbocycles. The van der Waals surface area contributed by atoms with E-state index in [0.717, 1.165) is 19.4 Å². The number of aromatic nitrogens is 2. The summed E-state index contributed by atoms with van der Waals surface area (Å²) in [6, 6.07) is 11.9. The highest BCUT2D eigenvalue weighted by atomic mass is 35.5. The van der Waals surface area contributed by atoms with Gasteiger partial charge in [0.25, 0.3) is 5.56 Å². The van der Waals surface area contributed by atoms with Crippen LogP contribution in [-0.4, -0.2) is 36.2 Å². The van der Waals surface area contributed by atoms with Crippen LogP contribution in [0.15, 0.2) is 47.3 Å². The van der Waals surface area contributed by atoms with Crippen molar-refractivity contribution in [3.8, 4) is 5.69 Å². The number of methoxy groups -OCH3 is 1. The van der Waals surface area contributed by atoms with Crippen LogP contribution in [0, 0.1) is 0 Å². The van der Waals surface area contributed by atoms with Gasteiger partial charge >= 0.3 is 5.97 Å². The molecule has 0 unspecified atom stereocenters. The second kappa shape index (κ2) is 8.44. The van der Waals surface area contributed by atoms with Crippen LogP contribution < -0.4 is 10.5 Å². The maximum Gasteiger partial charge on any atom is 0.337 e. The third-order valence-electron chi connectivity index (χ3n) is 4.53. The third kappa shape index (κ3) is 3.87. The molecule has 0 bridgehead atoms. The Morgan fingerprint density at radius 1 is 1.25 bits per heavy atom. The molecule has 2 aromatic carbocycles. The summed E-state index contributed by atoms with van der Waals surface area (Å²) in [5.74, 6) is 0.0267. The van der Waals surface area contributed by atoms with Crippen LogP contribution >= 0.6 is 11.6 Å². The van der Waals surface area contributed by atoms with Gasteiger partial charge in [0.2, 0.25) is 5.95 Å². The Labute approximate surface area is 168 Å². The van der Waals surface area contributed by atoms with Crippen LogP contribution in [0.5, 0.6) is 0 Å². The van der Waals surface area contributed by atoms with Crippen molar-refractivity contribution in [3.63, 3.8) is 0 Å². The zero-order valence-electron chi connectivity index (χ0n) is 16.1. The highest BCUT2D eigenvalue weighted by Gasteiger charge is 2.17. The van der Waals surface area contributed by atoms with Crippen LogP contribution in [0.4, 0.5) is 5.95 Å². The SMILES string of the molecule is CCCCN(C)c1nc2cc(C(=O)OC)ccc2c(=O)n1-c1cccc(Cl)c1. The van der Waals surface area contributed by atoms with Gasteiger partial charge in [-0.2, -0.15) is 0 Å². The number of nitrogens with zero attached hydrogens (tertiary/aromatic N) is 3. The van der Waals surface area contributed by atoms with E-state index in [-0.39, 0.29) is 5.56 Å². The topological polar surface area (TPSA) is 64.4 Å². The first-order chi connectivity index (χ1) is 13.5. The van der Waals surface area contributed by atoms with E-state index in [1.165, 1.54) is 7.11 Å². The van der Waals surface area contributed by atoms with Gasteiger partial charge in [-0.25, -0.2) is 14.3 Å². The first kappa shape index (κ1) is 19.9. The van der Waals surface area contributed by atoms with Gasteiger partial charge in [0.05, 0.1) is 29.3 Å². The number of hydrogen-bond donors (Lipinski definition) is 0. The molecule has 0 saturated heterocycles. The van der Waals surface area contributed by atoms with Gasteiger partial charge in [-0.05, 0) is 42.8 Å². The summed E-state index contributed by atoms with van der Waals surface area (Å²) >= 11 is 6.15. The zero-order valence-corrected chi connectivity index (χ0v) is 16.9. The number of halogens is 1. The average molecular weight is 400 g/mol. The van der Waals surface area contributed by atoms with Gasteiger partial charge in [0.15, 0.2) is 0 Å². The van der Waals surface area contributed by atoms with Crippen molar-refractivity contribution in [2.24, 2.45) is 0 Å². The normalized spacial score (nSPS) is 10.9. The standard InChI is InChI=1S/C21H22ClN3O3/c1-4-5-11-24(2)21-23-18-12-14(20(27)28-3)9-10-17(18)19(26)25(21)16-8-6-7-15(22)13-16/h6-10,12-13H,4-5,11H2,1-3H3. The molecule has 0 amide bonds. The van der Waals surface area contributed by atoms with Gasteiger partial charge in [-0.1, -0.05) is 31.0 Å². The van der Waals surface area contributed by atoms with Crippen molar-refractivity contribution in [1.29, 1.82) is 0 Å². The molecule has 0 atom stereocenters. The predicted molar refractivity (Wildman–Crippen MR) is 112 cm³/mol. The molecule has 0 aliphatic heterocycles. The minimum Gasteiger partial charge on any atom is -0.465 e. The number of benzene rings is 2. The molecule has 3 aromatic rings. The van der Waals surface area contributed by atoms with E-state index in [9.17, 15) is 9.59 Å². The average Bonchev–Trinajstić information content (AvgIpc) is 2.70. The summed E-state index contributed by atoms with van der Waals surface area (Å²) in [4.78, 5) is 31.8. The molecular weight excluding hydrogens is 378 g/mol. The van der Waals surface area contributed by atoms with E-state index < -0.39 is 5.97 Å². The van der Waals surface area contributed by atoms with Gasteiger partial charge < -0.3 is 9.64 Å². The van der Waals surface area contributed by atoms with Crippen LogP contribution in [0.1, 0.15) is 30.1 Å². The van der Waals surface area contributed by atoms with E-state index in [0.29, 0.717) is 33.1 Å². The molecule has 0 radical (unpaired) electrons. The lowest BCUT2D eigenvalue weighted by Crippen LogP contribution is -2.30. The Kier molecular flexibility index (Phi) is 5.99. The van der Waals surface area contributed by atoms with Gasteiger partial charge in [0.1, 0.15) is 0 Å². The fourth-order valence-electron chi connectivity index (χ4n) is 3.02. The predicted octanol–water partition coefficient (Wildman–Crippen LogP) is 4.06. The third-order valence-corrected chi connectivity index (χ3v) is 4.76. The molecule has 0 aliphatic rings. The van der Waals surface area contributed by atoms with Crippen molar-refractivity contribution < 1.29 is 9.53 Å². The summed E-state index contributed by atoms with van der Waals surface area (Å²) in [6.45, 7) is 2.85. The number of carbonyl (C=O) groups excluding carboxylic acids is 1. The summed E-state index contributed by atoms with van der Waals surface area (Å²) in [7, 11) is 3.22. The Morgan fingerprint density at radius 3 is 2.71 bits per heavy atom. The molecule has 1 aromatic heterocycles. The monoisotopic (exact) mass is 399 g/mol. The summed E-state index contributed by atoms with van der Waals surface area (Å²) < 4.78 is 6.33. The fraction of sp³-hybridized carbons (Fsp3) is 0.286. The molecule has 7 heteroatoms. The largest absolute Gasteiger partial charge is 0.465 e. The van der Waals surface area contributed by atoms with E-state index in [1.54, 1.807) is 41.0 Å². The molecule has 146 valence electrons. The minimum atomic E-state index is -0.469. The quantitative estimate of drug-likeness (QED) is 0.585. The first-order valence-corrected chi connectivity index (χ1v) is 9.46. The first-order valence-electron chi connectivity index (χ1n) is 9.08. The highest BCUT2D eigenvalue weighted by Crippen LogP contribution is 2.22. The van der Waals surface area contributed by atoms with Gasteiger partial charge in [0, 0.05) is 18.6 Å². The molecule has 0 spiro atoms. The highest BCUT2D eigenvalue weighted by molar-refractivity contribution is 6.30. The second-order valence-electron chi connectivity index (χ2n) is 6.53. The van der Waals surface area contributed by atoms with Crippen LogP contribution in [0.3, 0.4) is 0 Å².